The van der Waals surface area contributed by atoms with Crippen molar-refractivity contribution in [3.8, 4) is 0 Å². The van der Waals surface area contributed by atoms with Crippen molar-refractivity contribution in [2.45, 2.75) is 40.4 Å². The van der Waals surface area contributed by atoms with Crippen LogP contribution in [0.3, 0.4) is 0 Å². The first-order valence-corrected chi connectivity index (χ1v) is 20.7. The predicted octanol–water partition coefficient (Wildman–Crippen LogP) is 6.03. The maximum atomic E-state index is 2.60. The van der Waals surface area contributed by atoms with Crippen molar-refractivity contribution in [2.75, 3.05) is 0 Å². The first kappa shape index (κ1) is 19.8. The van der Waals surface area contributed by atoms with Gasteiger partial charge in [-0.2, -0.15) is 0 Å². The molecule has 142 valence electrons. The summed E-state index contributed by atoms with van der Waals surface area (Å²) in [6.07, 6.45) is 14.2. The van der Waals surface area contributed by atoms with Crippen LogP contribution in [-0.2, 0) is 12.8 Å². The molecule has 0 saturated carbocycles. The van der Waals surface area contributed by atoms with Crippen LogP contribution in [-0.4, -0.2) is 25.1 Å². The summed E-state index contributed by atoms with van der Waals surface area (Å²) < 4.78 is 1.85. The van der Waals surface area contributed by atoms with Gasteiger partial charge in [0.2, 0.25) is 0 Å². The number of hydrogen-bond donors (Lipinski definition) is 0. The third-order valence-electron chi connectivity index (χ3n) is 6.31. The molecule has 2 heteroatoms. The summed E-state index contributed by atoms with van der Waals surface area (Å²) in [6.45, 7) is 0.582. The number of benzene rings is 2. The Bertz CT molecular complexity index is 903. The summed E-state index contributed by atoms with van der Waals surface area (Å²) in [5.74, 6) is 0.551. The van der Waals surface area contributed by atoms with Crippen LogP contribution in [0.2, 0.25) is 21.1 Å². The molecule has 0 spiro atoms. The molecule has 1 heterocycles. The number of hydrogen-bond acceptors (Lipinski definition) is 0. The fourth-order valence-electron chi connectivity index (χ4n) is 5.16. The Balaban J connectivity index is 1.77. The van der Waals surface area contributed by atoms with Crippen LogP contribution >= 0.6 is 0 Å². The normalized spacial score (nSPS) is 18.5. The fourth-order valence-corrected chi connectivity index (χ4v) is 12.2. The minimum atomic E-state index is -2.26. The molecular formula is C26H31BSn. The van der Waals surface area contributed by atoms with Crippen LogP contribution in [0, 0.1) is 5.92 Å². The van der Waals surface area contributed by atoms with E-state index < -0.39 is 18.4 Å². The summed E-state index contributed by atoms with van der Waals surface area (Å²) in [6, 6.07) is 20.3. The molecule has 0 unspecified atom stereocenters. The molecule has 1 aliphatic carbocycles. The third kappa shape index (κ3) is 4.25. The molecule has 28 heavy (non-hydrogen) atoms. The fraction of sp³-hybridized carbons (Fsp3) is 0.308. The molecule has 4 rings (SSSR count). The monoisotopic (exact) mass is 474 g/mol. The molecule has 0 aromatic heterocycles. The zero-order valence-corrected chi connectivity index (χ0v) is 20.3. The van der Waals surface area contributed by atoms with E-state index in [1.165, 1.54) is 24.7 Å². The molecule has 1 aliphatic heterocycles. The van der Waals surface area contributed by atoms with Crippen LogP contribution in [0.4, 0.5) is 0 Å². The van der Waals surface area contributed by atoms with Crippen LogP contribution in [0.15, 0.2) is 88.0 Å². The van der Waals surface area contributed by atoms with Crippen LogP contribution in [0.1, 0.15) is 17.5 Å². The van der Waals surface area contributed by atoms with E-state index in [0.29, 0.717) is 12.6 Å². The van der Waals surface area contributed by atoms with Crippen molar-refractivity contribution in [1.82, 2.24) is 0 Å². The van der Waals surface area contributed by atoms with E-state index in [4.69, 9.17) is 0 Å². The van der Waals surface area contributed by atoms with E-state index in [9.17, 15) is 0 Å². The second-order valence-corrected chi connectivity index (χ2v) is 23.6. The van der Waals surface area contributed by atoms with Gasteiger partial charge in [-0.3, -0.25) is 0 Å². The summed E-state index contributed by atoms with van der Waals surface area (Å²) in [5, 5.41) is 0. The first-order valence-electron chi connectivity index (χ1n) is 10.7. The molecule has 0 bridgehead atoms. The number of aryl methyl sites for hydroxylation is 2. The predicted molar refractivity (Wildman–Crippen MR) is 127 cm³/mol. The molecule has 0 saturated heterocycles. The maximum absolute atomic E-state index is 2.60. The Morgan fingerprint density at radius 3 is 2.29 bits per heavy atom. The molecule has 2 aromatic rings. The Morgan fingerprint density at radius 2 is 1.57 bits per heavy atom. The average Bonchev–Trinajstić information content (AvgIpc) is 3.21. The van der Waals surface area contributed by atoms with Gasteiger partial charge in [0.15, 0.2) is 0 Å². The Labute approximate surface area is 175 Å². The first-order chi connectivity index (χ1) is 13.5. The van der Waals surface area contributed by atoms with Crippen molar-refractivity contribution in [3.05, 3.63) is 99.1 Å². The molecule has 0 N–H and O–H groups in total. The summed E-state index contributed by atoms with van der Waals surface area (Å²) in [5.41, 5.74) is 6.43. The van der Waals surface area contributed by atoms with Gasteiger partial charge in [-0.1, -0.05) is 0 Å². The topological polar surface area (TPSA) is 0 Å². The summed E-state index contributed by atoms with van der Waals surface area (Å²) in [7, 11) is 0. The Morgan fingerprint density at radius 1 is 0.893 bits per heavy atom. The molecular weight excluding hydrogens is 442 g/mol. The van der Waals surface area contributed by atoms with E-state index in [2.05, 4.69) is 93.7 Å². The zero-order valence-electron chi connectivity index (χ0n) is 17.5. The zero-order chi connectivity index (χ0) is 19.6. The van der Waals surface area contributed by atoms with Crippen LogP contribution in [0.5, 0.6) is 0 Å². The molecule has 0 radical (unpaired) electrons. The van der Waals surface area contributed by atoms with Gasteiger partial charge >= 0.3 is 176 Å². The summed E-state index contributed by atoms with van der Waals surface area (Å²) in [4.78, 5) is 7.81. The molecule has 0 nitrogen and oxygen atoms in total. The van der Waals surface area contributed by atoms with Gasteiger partial charge in [0.05, 0.1) is 0 Å². The molecule has 2 aromatic carbocycles. The molecule has 0 fully saturated rings. The van der Waals surface area contributed by atoms with Gasteiger partial charge in [-0.25, -0.2) is 0 Å². The Kier molecular flexibility index (Phi) is 6.01. The quantitative estimate of drug-likeness (QED) is 0.466. The standard InChI is InChI=1S/C23H22B.3CH3.Sn/c1-2-8-19(9-3-1)16-17-24-22(18-20-10-4-5-11-20)15-14-21-12-6-7-13-23(21)24;;;;/h1-13,20H,14-17H2;3*1H3;. The van der Waals surface area contributed by atoms with E-state index in [0.717, 1.165) is 6.42 Å². The van der Waals surface area contributed by atoms with Crippen molar-refractivity contribution >= 4 is 30.6 Å². The van der Waals surface area contributed by atoms with Crippen LogP contribution < -0.4 is 5.46 Å². The third-order valence-corrected chi connectivity index (χ3v) is 12.8. The second-order valence-electron chi connectivity index (χ2n) is 9.26. The van der Waals surface area contributed by atoms with Gasteiger partial charge < -0.3 is 0 Å². The minimum absolute atomic E-state index is 0.551. The van der Waals surface area contributed by atoms with E-state index >= 15 is 0 Å². The van der Waals surface area contributed by atoms with E-state index in [1.807, 2.05) is 3.59 Å². The van der Waals surface area contributed by atoms with Gasteiger partial charge in [0, 0.05) is 0 Å². The number of rotatable bonds is 5. The molecule has 0 amide bonds. The van der Waals surface area contributed by atoms with Gasteiger partial charge in [0.25, 0.3) is 0 Å². The van der Waals surface area contributed by atoms with Gasteiger partial charge in [-0.05, 0) is 0 Å². The number of fused-ring (bicyclic) bond motifs is 1. The average molecular weight is 473 g/mol. The number of allylic oxidation sites excluding steroid dienone is 6. The van der Waals surface area contributed by atoms with Crippen molar-refractivity contribution in [3.63, 3.8) is 0 Å². The van der Waals surface area contributed by atoms with Crippen molar-refractivity contribution in [1.29, 1.82) is 0 Å². The van der Waals surface area contributed by atoms with Gasteiger partial charge in [-0.15, -0.1) is 0 Å². The van der Waals surface area contributed by atoms with Gasteiger partial charge in [0.1, 0.15) is 0 Å². The van der Waals surface area contributed by atoms with Crippen molar-refractivity contribution in [2.24, 2.45) is 5.92 Å². The van der Waals surface area contributed by atoms with E-state index in [-0.39, 0.29) is 0 Å². The Hall–Kier alpha value is -1.48. The van der Waals surface area contributed by atoms with Crippen molar-refractivity contribution < 1.29 is 0 Å². The van der Waals surface area contributed by atoms with E-state index in [1.54, 1.807) is 16.5 Å². The molecule has 2 aliphatic rings. The second kappa shape index (κ2) is 8.49. The van der Waals surface area contributed by atoms with Crippen LogP contribution in [0.25, 0.3) is 0 Å². The molecule has 0 atom stereocenters. The summed E-state index contributed by atoms with van der Waals surface area (Å²) >= 11 is -2.26. The SMILES string of the molecule is [CH3][Sn]([CH3])([CH3])/[C](=C1/CCc2ccccc2B1CCc1ccccc1)C1C=CC=C1.